The molecule has 0 radical (unpaired) electrons. The second kappa shape index (κ2) is 20.9. The van der Waals surface area contributed by atoms with Crippen molar-refractivity contribution in [1.29, 1.82) is 0 Å². The van der Waals surface area contributed by atoms with Crippen LogP contribution in [0.3, 0.4) is 0 Å². The number of carboxylic acid groups (broad SMARTS) is 1. The molecule has 3 atom stereocenters. The van der Waals surface area contributed by atoms with Crippen LogP contribution in [0, 0.1) is 23.7 Å². The summed E-state index contributed by atoms with van der Waals surface area (Å²) in [7, 11) is 0. The zero-order valence-corrected chi connectivity index (χ0v) is 31.7. The molecule has 0 bridgehead atoms. The van der Waals surface area contributed by atoms with Crippen LogP contribution in [0.2, 0.25) is 0 Å². The number of hydrogen-bond donors (Lipinski definition) is 1. The fourth-order valence-corrected chi connectivity index (χ4v) is 7.28. The number of imide groups is 1. The molecule has 10 nitrogen and oxygen atoms in total. The van der Waals surface area contributed by atoms with Gasteiger partial charge in [-0.05, 0) is 72.6 Å². The predicted octanol–water partition coefficient (Wildman–Crippen LogP) is 9.01. The summed E-state index contributed by atoms with van der Waals surface area (Å²) >= 11 is 0. The number of aliphatic carboxylic acids is 1. The molecule has 1 N–H and O–H groups in total. The summed E-state index contributed by atoms with van der Waals surface area (Å²) in [4.78, 5) is 61.9. The van der Waals surface area contributed by atoms with Gasteiger partial charge in [-0.2, -0.15) is 0 Å². The van der Waals surface area contributed by atoms with E-state index in [9.17, 15) is 29.1 Å². The van der Waals surface area contributed by atoms with Crippen LogP contribution >= 0.6 is 0 Å². The smallest absolute Gasteiger partial charge is 0.416 e. The third-order valence-electron chi connectivity index (χ3n) is 9.81. The van der Waals surface area contributed by atoms with Crippen molar-refractivity contribution in [2.24, 2.45) is 23.7 Å². The second-order valence-electron chi connectivity index (χ2n) is 16.5. The molecule has 49 heavy (non-hydrogen) atoms. The predicted molar refractivity (Wildman–Crippen MR) is 189 cm³/mol. The van der Waals surface area contributed by atoms with Gasteiger partial charge in [0.1, 0.15) is 17.8 Å². The molecule has 3 aliphatic rings. The molecule has 2 saturated carbocycles. The molecule has 0 spiro atoms. The van der Waals surface area contributed by atoms with Crippen LogP contribution in [-0.2, 0) is 33.4 Å². The summed E-state index contributed by atoms with van der Waals surface area (Å²) in [5.74, 6) is -1.62. The van der Waals surface area contributed by atoms with E-state index >= 15 is 0 Å². The van der Waals surface area contributed by atoms with Crippen molar-refractivity contribution in [3.8, 4) is 0 Å². The van der Waals surface area contributed by atoms with Crippen molar-refractivity contribution in [2.45, 2.75) is 188 Å². The number of carbonyl (C=O) groups excluding carboxylic acids is 4. The molecule has 282 valence electrons. The molecule has 2 amide bonds. The lowest BCUT2D eigenvalue weighted by molar-refractivity contribution is -0.160. The number of carbonyl (C=O) groups is 5. The first-order valence-corrected chi connectivity index (χ1v) is 19.1. The largest absolute Gasteiger partial charge is 0.481 e. The highest BCUT2D eigenvalue weighted by atomic mass is 16.6. The molecule has 1 heterocycles. The maximum atomic E-state index is 13.1. The van der Waals surface area contributed by atoms with Gasteiger partial charge in [0.15, 0.2) is 0 Å². The van der Waals surface area contributed by atoms with E-state index in [1.807, 2.05) is 27.7 Å². The van der Waals surface area contributed by atoms with E-state index in [0.717, 1.165) is 37.5 Å². The molecule has 10 heteroatoms. The highest BCUT2D eigenvalue weighted by Crippen LogP contribution is 2.31. The standard InChI is InChI=1S/C22H37NO5.C17H30O4/c1-5-18-15-27-21(26)23(18)20(25)17(14-19(24)28-22(2,3)4)13-9-12-16-10-7-6-8-11-16;1-17(2,3)21-15(18)12-14(16(19)20)11-7-10-13-8-5-4-6-9-13/h16-18H,5-15H2,1-4H3;13-14H,4-12H2,1-3H3,(H,19,20)/t17-,18+;14-/m11/s1. The lowest BCUT2D eigenvalue weighted by Crippen LogP contribution is -2.43. The molecule has 0 aromatic heterocycles. The molecule has 0 aromatic rings. The highest BCUT2D eigenvalue weighted by molar-refractivity contribution is 5.96. The fourth-order valence-electron chi connectivity index (χ4n) is 7.28. The van der Waals surface area contributed by atoms with Crippen molar-refractivity contribution < 1.29 is 43.3 Å². The maximum Gasteiger partial charge on any atom is 0.416 e. The van der Waals surface area contributed by atoms with E-state index < -0.39 is 41.1 Å². The van der Waals surface area contributed by atoms with Crippen LogP contribution < -0.4 is 0 Å². The first kappa shape index (κ1) is 42.5. The lowest BCUT2D eigenvalue weighted by atomic mass is 9.84. The van der Waals surface area contributed by atoms with Gasteiger partial charge in [0.05, 0.1) is 24.8 Å². The van der Waals surface area contributed by atoms with Crippen molar-refractivity contribution in [3.05, 3.63) is 0 Å². The Balaban J connectivity index is 0.000000355. The van der Waals surface area contributed by atoms with Crippen molar-refractivity contribution in [2.75, 3.05) is 6.61 Å². The van der Waals surface area contributed by atoms with E-state index in [-0.39, 0.29) is 37.4 Å². The zero-order valence-electron chi connectivity index (χ0n) is 31.7. The Morgan fingerprint density at radius 1 is 0.755 bits per heavy atom. The number of rotatable bonds is 15. The van der Waals surface area contributed by atoms with Gasteiger partial charge in [-0.25, -0.2) is 9.69 Å². The number of nitrogens with zero attached hydrogens (tertiary/aromatic N) is 1. The Kier molecular flexibility index (Phi) is 18.1. The average molecular weight is 694 g/mol. The van der Waals surface area contributed by atoms with Crippen LogP contribution in [0.1, 0.15) is 170 Å². The number of amides is 2. The molecule has 2 aliphatic carbocycles. The summed E-state index contributed by atoms with van der Waals surface area (Å²) in [5, 5.41) is 9.25. The highest BCUT2D eigenvalue weighted by Gasteiger charge is 2.40. The van der Waals surface area contributed by atoms with Gasteiger partial charge < -0.3 is 19.3 Å². The summed E-state index contributed by atoms with van der Waals surface area (Å²) in [5.41, 5.74) is -1.15. The van der Waals surface area contributed by atoms with Gasteiger partial charge in [-0.3, -0.25) is 19.2 Å². The van der Waals surface area contributed by atoms with Gasteiger partial charge in [0.25, 0.3) is 0 Å². The van der Waals surface area contributed by atoms with E-state index in [0.29, 0.717) is 19.3 Å². The second-order valence-corrected chi connectivity index (χ2v) is 16.5. The summed E-state index contributed by atoms with van der Waals surface area (Å²) < 4.78 is 15.7. The van der Waals surface area contributed by atoms with Crippen LogP contribution in [0.4, 0.5) is 4.79 Å². The summed E-state index contributed by atoms with van der Waals surface area (Å²) in [6.07, 6.45) is 18.2. The molecule has 1 saturated heterocycles. The van der Waals surface area contributed by atoms with Gasteiger partial charge in [-0.15, -0.1) is 0 Å². The van der Waals surface area contributed by atoms with Crippen molar-refractivity contribution in [1.82, 2.24) is 4.90 Å². The van der Waals surface area contributed by atoms with E-state index in [4.69, 9.17) is 14.2 Å². The van der Waals surface area contributed by atoms with E-state index in [2.05, 4.69) is 0 Å². The summed E-state index contributed by atoms with van der Waals surface area (Å²) in [6.45, 7) is 13.0. The molecule has 1 aliphatic heterocycles. The van der Waals surface area contributed by atoms with Gasteiger partial charge in [-0.1, -0.05) is 96.8 Å². The first-order chi connectivity index (χ1) is 23.0. The number of carboxylic acids is 1. The van der Waals surface area contributed by atoms with Crippen LogP contribution in [0.15, 0.2) is 0 Å². The lowest BCUT2D eigenvalue weighted by Gasteiger charge is -2.26. The van der Waals surface area contributed by atoms with Crippen molar-refractivity contribution >= 4 is 29.9 Å². The number of ether oxygens (including phenoxy) is 3. The Morgan fingerprint density at radius 2 is 1.18 bits per heavy atom. The molecule has 3 rings (SSSR count). The Hall–Kier alpha value is -2.65. The van der Waals surface area contributed by atoms with Crippen LogP contribution in [0.25, 0.3) is 0 Å². The molecular weight excluding hydrogens is 626 g/mol. The fraction of sp³-hybridized carbons (Fsp3) is 0.872. The monoisotopic (exact) mass is 693 g/mol. The van der Waals surface area contributed by atoms with E-state index in [1.54, 1.807) is 20.8 Å². The Bertz CT molecular complexity index is 1050. The van der Waals surface area contributed by atoms with Gasteiger partial charge in [0, 0.05) is 5.92 Å². The molecular formula is C39H67NO9. The normalized spacial score (nSPS) is 20.4. The third kappa shape index (κ3) is 17.2. The minimum absolute atomic E-state index is 0.0149. The minimum Gasteiger partial charge on any atom is -0.481 e. The average Bonchev–Trinajstić information content (AvgIpc) is 3.39. The molecule has 0 unspecified atom stereocenters. The number of esters is 2. The first-order valence-electron chi connectivity index (χ1n) is 19.1. The topological polar surface area (TPSA) is 137 Å². The van der Waals surface area contributed by atoms with Crippen LogP contribution in [-0.4, -0.2) is 63.8 Å². The Labute approximate surface area is 295 Å². The molecule has 3 fully saturated rings. The SMILES string of the molecule is CC(C)(C)OC(=O)C[C@@H](CCCC1CCCCC1)C(=O)O.CC[C@H]1COC(=O)N1C(=O)[C@H](CCCC1CCCCC1)CC(=O)OC(C)(C)C. The molecule has 0 aromatic carbocycles. The third-order valence-corrected chi connectivity index (χ3v) is 9.81. The quantitative estimate of drug-likeness (QED) is 0.132. The zero-order chi connectivity index (χ0) is 36.6. The van der Waals surface area contributed by atoms with E-state index in [1.165, 1.54) is 69.1 Å². The van der Waals surface area contributed by atoms with Gasteiger partial charge in [0.2, 0.25) is 5.91 Å². The van der Waals surface area contributed by atoms with Crippen molar-refractivity contribution in [3.63, 3.8) is 0 Å². The number of cyclic esters (lactones) is 1. The number of hydrogen-bond acceptors (Lipinski definition) is 8. The maximum absolute atomic E-state index is 13.1. The van der Waals surface area contributed by atoms with Crippen LogP contribution in [0.5, 0.6) is 0 Å². The summed E-state index contributed by atoms with van der Waals surface area (Å²) in [6, 6.07) is -0.237. The minimum atomic E-state index is -0.885. The Morgan fingerprint density at radius 3 is 1.59 bits per heavy atom. The van der Waals surface area contributed by atoms with Gasteiger partial charge >= 0.3 is 24.0 Å².